The van der Waals surface area contributed by atoms with Gasteiger partial charge in [-0.05, 0) is 92.3 Å². The summed E-state index contributed by atoms with van der Waals surface area (Å²) in [5.41, 5.74) is 8.27. The molecule has 0 N–H and O–H groups in total. The summed E-state index contributed by atoms with van der Waals surface area (Å²) in [6, 6.07) is 58.7. The highest BCUT2D eigenvalue weighted by Crippen LogP contribution is 2.37. The summed E-state index contributed by atoms with van der Waals surface area (Å²) < 4.78 is 0. The number of fused-ring (bicyclic) bond motifs is 2. The molecule has 0 radical (unpaired) electrons. The minimum atomic E-state index is 1.13. The highest BCUT2D eigenvalue weighted by Gasteiger charge is 2.13. The van der Waals surface area contributed by atoms with Crippen LogP contribution in [0.25, 0.3) is 43.8 Å². The van der Waals surface area contributed by atoms with E-state index in [0.717, 1.165) is 17.1 Å². The Hall–Kier alpha value is -5.14. The smallest absolute Gasteiger partial charge is 0.0462 e. The van der Waals surface area contributed by atoms with Gasteiger partial charge in [0.1, 0.15) is 0 Å². The molecule has 1 heteroatoms. The van der Waals surface area contributed by atoms with Gasteiger partial charge in [-0.15, -0.1) is 0 Å². The number of hydrogen-bond donors (Lipinski definition) is 0. The van der Waals surface area contributed by atoms with Crippen molar-refractivity contribution in [1.82, 2.24) is 0 Å². The van der Waals surface area contributed by atoms with Gasteiger partial charge in [0.15, 0.2) is 0 Å². The molecule has 198 valence electrons. The standard InChI is InChI=1S/C38H27N.C2H6/c1-2-12-36(13-3-1)39(37-22-18-30(19-23-37)34-16-14-28-8-4-6-10-32(28)26-34)38-24-20-31(21-25-38)35-17-15-29-9-5-7-11-33(29)27-35;1-2/h1-27H;1-2H3. The average Bonchev–Trinajstić information content (AvgIpc) is 3.06. The van der Waals surface area contributed by atoms with Crippen LogP contribution < -0.4 is 4.90 Å². The average molecular weight is 528 g/mol. The third kappa shape index (κ3) is 5.48. The third-order valence-corrected chi connectivity index (χ3v) is 7.43. The number of hydrogen-bond acceptors (Lipinski definition) is 1. The fourth-order valence-electron chi connectivity index (χ4n) is 5.37. The van der Waals surface area contributed by atoms with E-state index in [9.17, 15) is 0 Å². The zero-order chi connectivity index (χ0) is 28.0. The van der Waals surface area contributed by atoms with Crippen LogP contribution >= 0.6 is 0 Å². The van der Waals surface area contributed by atoms with Crippen molar-refractivity contribution in [3.8, 4) is 22.3 Å². The van der Waals surface area contributed by atoms with Crippen LogP contribution in [0.3, 0.4) is 0 Å². The van der Waals surface area contributed by atoms with E-state index in [-0.39, 0.29) is 0 Å². The molecule has 0 saturated carbocycles. The lowest BCUT2D eigenvalue weighted by molar-refractivity contribution is 1.28. The molecule has 0 spiro atoms. The number of benzene rings is 7. The van der Waals surface area contributed by atoms with Gasteiger partial charge in [0, 0.05) is 17.1 Å². The fraction of sp³-hybridized carbons (Fsp3) is 0.0500. The predicted molar refractivity (Wildman–Crippen MR) is 178 cm³/mol. The van der Waals surface area contributed by atoms with E-state index >= 15 is 0 Å². The summed E-state index contributed by atoms with van der Waals surface area (Å²) in [4.78, 5) is 2.31. The molecule has 0 unspecified atom stereocenters. The lowest BCUT2D eigenvalue weighted by Crippen LogP contribution is -2.09. The molecular formula is C40H33N. The van der Waals surface area contributed by atoms with Gasteiger partial charge in [-0.3, -0.25) is 0 Å². The third-order valence-electron chi connectivity index (χ3n) is 7.43. The number of rotatable bonds is 5. The van der Waals surface area contributed by atoms with Gasteiger partial charge < -0.3 is 4.90 Å². The van der Waals surface area contributed by atoms with E-state index in [1.165, 1.54) is 43.8 Å². The monoisotopic (exact) mass is 527 g/mol. The SMILES string of the molecule is CC.c1ccc(N(c2ccc(-c3ccc4ccccc4c3)cc2)c2ccc(-c3ccc4ccccc4c3)cc2)cc1. The van der Waals surface area contributed by atoms with E-state index in [0.29, 0.717) is 0 Å². The molecule has 0 aliphatic carbocycles. The Morgan fingerprint density at radius 2 is 0.634 bits per heavy atom. The van der Waals surface area contributed by atoms with Crippen molar-refractivity contribution in [3.63, 3.8) is 0 Å². The maximum Gasteiger partial charge on any atom is 0.0462 e. The zero-order valence-corrected chi connectivity index (χ0v) is 23.5. The molecule has 0 amide bonds. The van der Waals surface area contributed by atoms with E-state index in [1.807, 2.05) is 13.8 Å². The Balaban J connectivity index is 0.00000148. The maximum atomic E-state index is 2.31. The second-order valence-corrected chi connectivity index (χ2v) is 9.89. The van der Waals surface area contributed by atoms with Gasteiger partial charge in [0.25, 0.3) is 0 Å². The van der Waals surface area contributed by atoms with E-state index in [4.69, 9.17) is 0 Å². The largest absolute Gasteiger partial charge is 0.311 e. The van der Waals surface area contributed by atoms with Crippen molar-refractivity contribution in [2.45, 2.75) is 13.8 Å². The van der Waals surface area contributed by atoms with E-state index in [1.54, 1.807) is 0 Å². The zero-order valence-electron chi connectivity index (χ0n) is 23.5. The van der Waals surface area contributed by atoms with Crippen LogP contribution in [0.2, 0.25) is 0 Å². The van der Waals surface area contributed by atoms with Gasteiger partial charge in [0.05, 0.1) is 0 Å². The molecular weight excluding hydrogens is 494 g/mol. The van der Waals surface area contributed by atoms with Crippen molar-refractivity contribution >= 4 is 38.6 Å². The Kier molecular flexibility index (Phi) is 7.60. The highest BCUT2D eigenvalue weighted by atomic mass is 15.1. The van der Waals surface area contributed by atoms with Gasteiger partial charge in [-0.2, -0.15) is 0 Å². The molecule has 7 aromatic carbocycles. The number of para-hydroxylation sites is 1. The summed E-state index contributed by atoms with van der Waals surface area (Å²) in [5, 5.41) is 5.05. The van der Waals surface area contributed by atoms with E-state index in [2.05, 4.69) is 169 Å². The van der Waals surface area contributed by atoms with Gasteiger partial charge in [0.2, 0.25) is 0 Å². The van der Waals surface area contributed by atoms with Crippen LogP contribution in [0.4, 0.5) is 17.1 Å². The molecule has 0 bridgehead atoms. The highest BCUT2D eigenvalue weighted by molar-refractivity contribution is 5.89. The minimum Gasteiger partial charge on any atom is -0.311 e. The van der Waals surface area contributed by atoms with Crippen molar-refractivity contribution in [3.05, 3.63) is 164 Å². The first-order valence-corrected chi connectivity index (χ1v) is 14.4. The maximum absolute atomic E-state index is 2.31. The molecule has 7 rings (SSSR count). The predicted octanol–water partition coefficient (Wildman–Crippen LogP) is 11.8. The van der Waals surface area contributed by atoms with Crippen LogP contribution in [-0.4, -0.2) is 0 Å². The Bertz CT molecular complexity index is 1760. The van der Waals surface area contributed by atoms with Crippen molar-refractivity contribution in [1.29, 1.82) is 0 Å². The van der Waals surface area contributed by atoms with E-state index < -0.39 is 0 Å². The van der Waals surface area contributed by atoms with Crippen LogP contribution in [0, 0.1) is 0 Å². The second-order valence-electron chi connectivity index (χ2n) is 9.89. The lowest BCUT2D eigenvalue weighted by Gasteiger charge is -2.26. The van der Waals surface area contributed by atoms with Gasteiger partial charge >= 0.3 is 0 Å². The summed E-state index contributed by atoms with van der Waals surface area (Å²) in [7, 11) is 0. The Morgan fingerprint density at radius 3 is 1.07 bits per heavy atom. The Labute approximate surface area is 243 Å². The fourth-order valence-corrected chi connectivity index (χ4v) is 5.37. The number of nitrogens with zero attached hydrogens (tertiary/aromatic N) is 1. The topological polar surface area (TPSA) is 3.24 Å². The molecule has 0 atom stereocenters. The van der Waals surface area contributed by atoms with Crippen LogP contribution in [0.5, 0.6) is 0 Å². The molecule has 0 heterocycles. The van der Waals surface area contributed by atoms with Crippen molar-refractivity contribution < 1.29 is 0 Å². The second kappa shape index (κ2) is 11.9. The van der Waals surface area contributed by atoms with Crippen LogP contribution in [-0.2, 0) is 0 Å². The molecule has 0 aliphatic rings. The lowest BCUT2D eigenvalue weighted by atomic mass is 10.00. The first-order chi connectivity index (χ1) is 20.3. The van der Waals surface area contributed by atoms with Gasteiger partial charge in [-0.1, -0.05) is 129 Å². The molecule has 41 heavy (non-hydrogen) atoms. The van der Waals surface area contributed by atoms with Crippen LogP contribution in [0.1, 0.15) is 13.8 Å². The summed E-state index contributed by atoms with van der Waals surface area (Å²) in [6.07, 6.45) is 0. The first kappa shape index (κ1) is 26.1. The van der Waals surface area contributed by atoms with Crippen molar-refractivity contribution in [2.75, 3.05) is 4.90 Å². The molecule has 0 fully saturated rings. The number of anilines is 3. The van der Waals surface area contributed by atoms with Gasteiger partial charge in [-0.25, -0.2) is 0 Å². The quantitative estimate of drug-likeness (QED) is 0.215. The summed E-state index contributed by atoms with van der Waals surface area (Å²) >= 11 is 0. The molecule has 0 saturated heterocycles. The molecule has 0 aliphatic heterocycles. The summed E-state index contributed by atoms with van der Waals surface area (Å²) in [5.74, 6) is 0. The molecule has 0 aromatic heterocycles. The molecule has 1 nitrogen and oxygen atoms in total. The summed E-state index contributed by atoms with van der Waals surface area (Å²) in [6.45, 7) is 4.00. The van der Waals surface area contributed by atoms with Crippen LogP contribution in [0.15, 0.2) is 164 Å². The Morgan fingerprint density at radius 1 is 0.293 bits per heavy atom. The van der Waals surface area contributed by atoms with Crippen molar-refractivity contribution in [2.24, 2.45) is 0 Å². The normalized spacial score (nSPS) is 10.7. The first-order valence-electron chi connectivity index (χ1n) is 14.4. The minimum absolute atomic E-state index is 1.13. The molecule has 7 aromatic rings.